The molecule has 156 valence electrons. The molecule has 1 amide bonds. The molecule has 0 aliphatic carbocycles. The Bertz CT molecular complexity index is 1020. The number of esters is 1. The second kappa shape index (κ2) is 8.44. The lowest BCUT2D eigenvalue weighted by Crippen LogP contribution is -2.39. The predicted molar refractivity (Wildman–Crippen MR) is 110 cm³/mol. The SMILES string of the molecule is Cc1cc(C)c(C(=O)COC(=O)C2=NN(c3ccc(F)cc3)[C@@H](C(N)=O)C2)c(C)c1. The van der Waals surface area contributed by atoms with E-state index in [1.165, 1.54) is 29.3 Å². The number of primary amides is 1. The largest absolute Gasteiger partial charge is 0.453 e. The Morgan fingerprint density at radius 3 is 2.30 bits per heavy atom. The number of nitrogens with zero attached hydrogens (tertiary/aromatic N) is 2. The van der Waals surface area contributed by atoms with Gasteiger partial charge < -0.3 is 10.5 Å². The highest BCUT2D eigenvalue weighted by Gasteiger charge is 2.36. The number of halogens is 1. The molecule has 30 heavy (non-hydrogen) atoms. The van der Waals surface area contributed by atoms with Crippen LogP contribution < -0.4 is 10.7 Å². The number of ketones is 1. The molecule has 2 aromatic carbocycles. The summed E-state index contributed by atoms with van der Waals surface area (Å²) < 4.78 is 18.3. The van der Waals surface area contributed by atoms with Crippen molar-refractivity contribution in [3.05, 3.63) is 64.5 Å². The van der Waals surface area contributed by atoms with Crippen LogP contribution in [0.25, 0.3) is 0 Å². The van der Waals surface area contributed by atoms with E-state index in [2.05, 4.69) is 5.10 Å². The van der Waals surface area contributed by atoms with E-state index in [1.54, 1.807) is 0 Å². The van der Waals surface area contributed by atoms with Gasteiger partial charge in [0.15, 0.2) is 6.61 Å². The van der Waals surface area contributed by atoms with Gasteiger partial charge in [0.2, 0.25) is 11.7 Å². The Kier molecular flexibility index (Phi) is 5.96. The lowest BCUT2D eigenvalue weighted by atomic mass is 9.97. The first-order chi connectivity index (χ1) is 14.2. The predicted octanol–water partition coefficient (Wildman–Crippen LogP) is 2.60. The summed E-state index contributed by atoms with van der Waals surface area (Å²) >= 11 is 0. The van der Waals surface area contributed by atoms with Gasteiger partial charge in [-0.15, -0.1) is 0 Å². The number of carbonyl (C=O) groups is 3. The van der Waals surface area contributed by atoms with Gasteiger partial charge in [-0.05, 0) is 56.2 Å². The van der Waals surface area contributed by atoms with Gasteiger partial charge in [-0.1, -0.05) is 17.7 Å². The number of hydrazone groups is 1. The molecule has 1 atom stereocenters. The molecule has 0 unspecified atom stereocenters. The van der Waals surface area contributed by atoms with Crippen molar-refractivity contribution in [3.63, 3.8) is 0 Å². The number of ether oxygens (including phenoxy) is 1. The highest BCUT2D eigenvalue weighted by molar-refractivity contribution is 6.38. The van der Waals surface area contributed by atoms with E-state index >= 15 is 0 Å². The first-order valence-electron chi connectivity index (χ1n) is 9.37. The van der Waals surface area contributed by atoms with E-state index < -0.39 is 30.3 Å². The van der Waals surface area contributed by atoms with Crippen LogP contribution in [-0.2, 0) is 14.3 Å². The van der Waals surface area contributed by atoms with E-state index in [0.717, 1.165) is 16.7 Å². The minimum Gasteiger partial charge on any atom is -0.453 e. The first-order valence-corrected chi connectivity index (χ1v) is 9.37. The molecule has 0 radical (unpaired) electrons. The van der Waals surface area contributed by atoms with Crippen LogP contribution in [0.3, 0.4) is 0 Å². The van der Waals surface area contributed by atoms with Gasteiger partial charge in [0.25, 0.3) is 0 Å². The highest BCUT2D eigenvalue weighted by Crippen LogP contribution is 2.25. The van der Waals surface area contributed by atoms with E-state index in [1.807, 2.05) is 32.9 Å². The van der Waals surface area contributed by atoms with Crippen LogP contribution >= 0.6 is 0 Å². The summed E-state index contributed by atoms with van der Waals surface area (Å²) in [5, 5.41) is 5.39. The van der Waals surface area contributed by atoms with Crippen molar-refractivity contribution in [2.75, 3.05) is 11.6 Å². The third-order valence-electron chi connectivity index (χ3n) is 4.86. The molecule has 0 spiro atoms. The summed E-state index contributed by atoms with van der Waals surface area (Å²) in [5.74, 6) is -2.26. The zero-order valence-corrected chi connectivity index (χ0v) is 16.9. The second-order valence-corrected chi connectivity index (χ2v) is 7.26. The van der Waals surface area contributed by atoms with Gasteiger partial charge >= 0.3 is 5.97 Å². The molecule has 0 saturated heterocycles. The third-order valence-corrected chi connectivity index (χ3v) is 4.86. The zero-order valence-electron chi connectivity index (χ0n) is 16.9. The van der Waals surface area contributed by atoms with Gasteiger partial charge in [-0.3, -0.25) is 14.6 Å². The Morgan fingerprint density at radius 1 is 1.13 bits per heavy atom. The lowest BCUT2D eigenvalue weighted by molar-refractivity contribution is -0.134. The summed E-state index contributed by atoms with van der Waals surface area (Å²) in [6.07, 6.45) is -0.0671. The molecule has 8 heteroatoms. The number of nitrogens with two attached hydrogens (primary N) is 1. The van der Waals surface area contributed by atoms with Crippen molar-refractivity contribution in [2.24, 2.45) is 10.8 Å². The molecule has 7 nitrogen and oxygen atoms in total. The number of hydrogen-bond donors (Lipinski definition) is 1. The topological polar surface area (TPSA) is 102 Å². The van der Waals surface area contributed by atoms with Crippen molar-refractivity contribution < 1.29 is 23.5 Å². The molecule has 2 aromatic rings. The van der Waals surface area contributed by atoms with Crippen LogP contribution in [0.15, 0.2) is 41.5 Å². The van der Waals surface area contributed by atoms with Crippen molar-refractivity contribution in [1.82, 2.24) is 0 Å². The number of amides is 1. The maximum Gasteiger partial charge on any atom is 0.355 e. The summed E-state index contributed by atoms with van der Waals surface area (Å²) in [4.78, 5) is 36.8. The maximum absolute atomic E-state index is 13.2. The number of carbonyl (C=O) groups excluding carboxylic acids is 3. The van der Waals surface area contributed by atoms with Gasteiger partial charge in [0.05, 0.1) is 5.69 Å². The number of anilines is 1. The van der Waals surface area contributed by atoms with Gasteiger partial charge in [-0.25, -0.2) is 9.18 Å². The van der Waals surface area contributed by atoms with Crippen LogP contribution in [0.4, 0.5) is 10.1 Å². The average molecular weight is 411 g/mol. The molecule has 0 fully saturated rings. The van der Waals surface area contributed by atoms with E-state index in [0.29, 0.717) is 11.3 Å². The monoisotopic (exact) mass is 411 g/mol. The number of aryl methyl sites for hydroxylation is 3. The Morgan fingerprint density at radius 2 is 1.73 bits per heavy atom. The molecule has 2 N–H and O–H groups in total. The third kappa shape index (κ3) is 4.37. The Hall–Kier alpha value is -3.55. The van der Waals surface area contributed by atoms with Gasteiger partial charge in [0, 0.05) is 12.0 Å². The van der Waals surface area contributed by atoms with E-state index in [4.69, 9.17) is 10.5 Å². The number of hydrogen-bond acceptors (Lipinski definition) is 6. The molecule has 1 heterocycles. The summed E-state index contributed by atoms with van der Waals surface area (Å²) in [7, 11) is 0. The smallest absolute Gasteiger partial charge is 0.355 e. The standard InChI is InChI=1S/C22H22FN3O4/c1-12-8-13(2)20(14(3)9-12)19(27)11-30-22(29)17-10-18(21(24)28)26(25-17)16-6-4-15(23)5-7-16/h4-9,18H,10-11H2,1-3H3,(H2,24,28)/t18-/m1/s1. The first kappa shape index (κ1) is 21.2. The number of benzene rings is 2. The van der Waals surface area contributed by atoms with Crippen LogP contribution in [0.1, 0.15) is 33.5 Å². The van der Waals surface area contributed by atoms with Crippen LogP contribution in [-0.4, -0.2) is 36.0 Å². The molecular formula is C22H22FN3O4. The van der Waals surface area contributed by atoms with Crippen LogP contribution in [0.5, 0.6) is 0 Å². The molecule has 0 aromatic heterocycles. The van der Waals surface area contributed by atoms with Crippen molar-refractivity contribution in [1.29, 1.82) is 0 Å². The molecule has 0 bridgehead atoms. The van der Waals surface area contributed by atoms with Gasteiger partial charge in [-0.2, -0.15) is 5.10 Å². The van der Waals surface area contributed by atoms with Crippen LogP contribution in [0, 0.1) is 26.6 Å². The fourth-order valence-corrected chi connectivity index (χ4v) is 3.59. The quantitative estimate of drug-likeness (QED) is 0.582. The summed E-state index contributed by atoms with van der Waals surface area (Å²) in [6, 6.07) is 8.15. The van der Waals surface area contributed by atoms with Crippen molar-refractivity contribution in [2.45, 2.75) is 33.2 Å². The molecular weight excluding hydrogens is 389 g/mol. The summed E-state index contributed by atoms with van der Waals surface area (Å²) in [6.45, 7) is 5.15. The average Bonchev–Trinajstić information content (AvgIpc) is 3.11. The maximum atomic E-state index is 13.2. The second-order valence-electron chi connectivity index (χ2n) is 7.26. The fraction of sp³-hybridized carbons (Fsp3) is 0.273. The van der Waals surface area contributed by atoms with E-state index in [9.17, 15) is 18.8 Å². The van der Waals surface area contributed by atoms with E-state index in [-0.39, 0.29) is 17.9 Å². The highest BCUT2D eigenvalue weighted by atomic mass is 19.1. The Balaban J connectivity index is 1.73. The minimum atomic E-state index is -0.907. The number of rotatable bonds is 6. The lowest BCUT2D eigenvalue weighted by Gasteiger charge is -2.20. The molecule has 1 aliphatic heterocycles. The summed E-state index contributed by atoms with van der Waals surface area (Å²) in [5.41, 5.74) is 8.97. The molecule has 1 aliphatic rings. The molecule has 3 rings (SSSR count). The van der Waals surface area contributed by atoms with Gasteiger partial charge in [0.1, 0.15) is 17.6 Å². The van der Waals surface area contributed by atoms with Crippen molar-refractivity contribution >= 4 is 29.1 Å². The normalized spacial score (nSPS) is 15.7. The Labute approximate surface area is 173 Å². The zero-order chi connectivity index (χ0) is 22.0. The molecule has 0 saturated carbocycles. The van der Waals surface area contributed by atoms with Crippen LogP contribution in [0.2, 0.25) is 0 Å². The number of Topliss-reactive ketones (excluding diaryl/α,β-unsaturated/α-hetero) is 1. The minimum absolute atomic E-state index is 0.0340. The van der Waals surface area contributed by atoms with Crippen molar-refractivity contribution in [3.8, 4) is 0 Å². The fourth-order valence-electron chi connectivity index (χ4n) is 3.59.